The molecule has 0 spiro atoms. The van der Waals surface area contributed by atoms with E-state index in [1.807, 2.05) is 30.0 Å². The van der Waals surface area contributed by atoms with E-state index < -0.39 is 0 Å². The molecule has 0 aromatic heterocycles. The summed E-state index contributed by atoms with van der Waals surface area (Å²) in [5.41, 5.74) is 10.2. The lowest BCUT2D eigenvalue weighted by atomic mass is 10.1. The van der Waals surface area contributed by atoms with Crippen LogP contribution in [0, 0.1) is 13.8 Å². The van der Waals surface area contributed by atoms with E-state index in [1.54, 1.807) is 0 Å². The Labute approximate surface area is 120 Å². The van der Waals surface area contributed by atoms with Gasteiger partial charge in [0.15, 0.2) is 0 Å². The van der Waals surface area contributed by atoms with E-state index in [9.17, 15) is 0 Å². The Morgan fingerprint density at radius 2 is 1.68 bits per heavy atom. The number of hydrogen-bond acceptors (Lipinski definition) is 2. The first kappa shape index (κ1) is 14.2. The molecule has 19 heavy (non-hydrogen) atoms. The number of nitrogens with two attached hydrogens (primary N) is 1. The van der Waals surface area contributed by atoms with Gasteiger partial charge in [-0.2, -0.15) is 0 Å². The van der Waals surface area contributed by atoms with Gasteiger partial charge in [-0.15, -0.1) is 11.8 Å². The fourth-order valence-electron chi connectivity index (χ4n) is 2.15. The van der Waals surface area contributed by atoms with Crippen LogP contribution in [0.4, 0.5) is 0 Å². The van der Waals surface area contributed by atoms with Crippen molar-refractivity contribution in [2.75, 3.05) is 0 Å². The summed E-state index contributed by atoms with van der Waals surface area (Å²) in [6.07, 6.45) is 0. The van der Waals surface area contributed by atoms with E-state index in [1.165, 1.54) is 21.6 Å². The zero-order chi connectivity index (χ0) is 13.8. The lowest BCUT2D eigenvalue weighted by Gasteiger charge is -2.21. The van der Waals surface area contributed by atoms with Crippen LogP contribution in [0.15, 0.2) is 53.4 Å². The second-order valence-corrected chi connectivity index (χ2v) is 6.45. The summed E-state index contributed by atoms with van der Waals surface area (Å²) < 4.78 is 0. The van der Waals surface area contributed by atoms with E-state index in [4.69, 9.17) is 5.73 Å². The third-order valence-electron chi connectivity index (χ3n) is 3.33. The predicted octanol–water partition coefficient (Wildman–Crippen LogP) is 4.48. The highest BCUT2D eigenvalue weighted by molar-refractivity contribution is 8.00. The van der Waals surface area contributed by atoms with Crippen LogP contribution in [0.3, 0.4) is 0 Å². The van der Waals surface area contributed by atoms with Crippen LogP contribution in [0.5, 0.6) is 0 Å². The Balaban J connectivity index is 2.10. The molecule has 0 saturated carbocycles. The fourth-order valence-corrected chi connectivity index (χ4v) is 3.25. The molecule has 0 aliphatic rings. The number of hydrogen-bond donors (Lipinski definition) is 1. The average molecular weight is 271 g/mol. The molecule has 0 aliphatic heterocycles. The van der Waals surface area contributed by atoms with Crippen molar-refractivity contribution in [3.8, 4) is 0 Å². The minimum atomic E-state index is 0.0619. The van der Waals surface area contributed by atoms with Gasteiger partial charge in [0.1, 0.15) is 0 Å². The third-order valence-corrected chi connectivity index (χ3v) is 4.71. The van der Waals surface area contributed by atoms with Crippen molar-refractivity contribution >= 4 is 11.8 Å². The second kappa shape index (κ2) is 6.27. The van der Waals surface area contributed by atoms with Gasteiger partial charge in [0.2, 0.25) is 0 Å². The Morgan fingerprint density at radius 1 is 1.00 bits per heavy atom. The molecule has 0 radical (unpaired) electrons. The van der Waals surface area contributed by atoms with E-state index in [0.29, 0.717) is 5.25 Å². The number of rotatable bonds is 4. The van der Waals surface area contributed by atoms with Crippen molar-refractivity contribution in [3.63, 3.8) is 0 Å². The molecule has 0 saturated heterocycles. The largest absolute Gasteiger partial charge is 0.323 e. The summed E-state index contributed by atoms with van der Waals surface area (Å²) in [7, 11) is 0. The van der Waals surface area contributed by atoms with Gasteiger partial charge in [-0.1, -0.05) is 55.0 Å². The highest BCUT2D eigenvalue weighted by Crippen LogP contribution is 2.32. The van der Waals surface area contributed by atoms with Gasteiger partial charge < -0.3 is 5.73 Å². The molecule has 0 aliphatic carbocycles. The van der Waals surface area contributed by atoms with Crippen LogP contribution in [0.25, 0.3) is 0 Å². The normalized spacial score (nSPS) is 14.1. The molecular formula is C17H21NS. The minimum absolute atomic E-state index is 0.0619. The molecular weight excluding hydrogens is 250 g/mol. The van der Waals surface area contributed by atoms with Crippen LogP contribution >= 0.6 is 11.8 Å². The molecule has 1 nitrogen and oxygen atoms in total. The first-order valence-electron chi connectivity index (χ1n) is 6.62. The maximum atomic E-state index is 6.35. The molecule has 0 heterocycles. The van der Waals surface area contributed by atoms with Gasteiger partial charge in [-0.25, -0.2) is 0 Å². The smallest absolute Gasteiger partial charge is 0.0416 e. The number of benzene rings is 2. The van der Waals surface area contributed by atoms with Crippen LogP contribution in [-0.2, 0) is 0 Å². The molecule has 0 amide bonds. The van der Waals surface area contributed by atoms with Gasteiger partial charge in [0.05, 0.1) is 0 Å². The standard InChI is InChI=1S/C17H21NS/c1-12-9-10-16(13(2)11-12)19-14(3)17(18)15-7-5-4-6-8-15/h4-11,14,17H,18H2,1-3H3. The molecule has 0 fully saturated rings. The van der Waals surface area contributed by atoms with Crippen molar-refractivity contribution in [1.29, 1.82) is 0 Å². The zero-order valence-electron chi connectivity index (χ0n) is 11.8. The topological polar surface area (TPSA) is 26.0 Å². The lowest BCUT2D eigenvalue weighted by Crippen LogP contribution is -2.21. The predicted molar refractivity (Wildman–Crippen MR) is 84.6 cm³/mol. The monoisotopic (exact) mass is 271 g/mol. The summed E-state index contributed by atoms with van der Waals surface area (Å²) in [4.78, 5) is 1.32. The summed E-state index contributed by atoms with van der Waals surface area (Å²) >= 11 is 1.86. The first-order valence-corrected chi connectivity index (χ1v) is 7.50. The number of aryl methyl sites for hydroxylation is 2. The van der Waals surface area contributed by atoms with Gasteiger partial charge in [-0.05, 0) is 31.0 Å². The average Bonchev–Trinajstić information content (AvgIpc) is 2.42. The highest BCUT2D eigenvalue weighted by Gasteiger charge is 2.16. The maximum absolute atomic E-state index is 6.35. The SMILES string of the molecule is Cc1ccc(SC(C)C(N)c2ccccc2)c(C)c1. The van der Waals surface area contributed by atoms with Crippen LogP contribution in [0.1, 0.15) is 29.7 Å². The minimum Gasteiger partial charge on any atom is -0.323 e. The van der Waals surface area contributed by atoms with Crippen molar-refractivity contribution in [2.24, 2.45) is 5.73 Å². The van der Waals surface area contributed by atoms with Crippen molar-refractivity contribution < 1.29 is 0 Å². The van der Waals surface area contributed by atoms with Gasteiger partial charge in [-0.3, -0.25) is 0 Å². The summed E-state index contributed by atoms with van der Waals surface area (Å²) in [6.45, 7) is 6.48. The van der Waals surface area contributed by atoms with Crippen molar-refractivity contribution in [1.82, 2.24) is 0 Å². The third kappa shape index (κ3) is 3.62. The summed E-state index contributed by atoms with van der Waals surface area (Å²) in [5, 5.41) is 0.351. The number of thioether (sulfide) groups is 1. The van der Waals surface area contributed by atoms with E-state index in [-0.39, 0.29) is 6.04 Å². The van der Waals surface area contributed by atoms with Crippen LogP contribution < -0.4 is 5.73 Å². The second-order valence-electron chi connectivity index (χ2n) is 5.03. The lowest BCUT2D eigenvalue weighted by molar-refractivity contribution is 0.715. The van der Waals surface area contributed by atoms with Gasteiger partial charge >= 0.3 is 0 Å². The van der Waals surface area contributed by atoms with Gasteiger partial charge in [0.25, 0.3) is 0 Å². The van der Waals surface area contributed by atoms with Crippen LogP contribution in [0.2, 0.25) is 0 Å². The molecule has 2 unspecified atom stereocenters. The molecule has 2 atom stereocenters. The summed E-state index contributed by atoms with van der Waals surface area (Å²) in [6, 6.07) is 17.0. The molecule has 100 valence electrons. The maximum Gasteiger partial charge on any atom is 0.0416 e. The van der Waals surface area contributed by atoms with Crippen molar-refractivity contribution in [2.45, 2.75) is 37.0 Å². The Kier molecular flexibility index (Phi) is 4.67. The molecule has 2 heteroatoms. The Hall–Kier alpha value is -1.25. The molecule has 2 aromatic carbocycles. The zero-order valence-corrected chi connectivity index (χ0v) is 12.6. The summed E-state index contributed by atoms with van der Waals surface area (Å²) in [5.74, 6) is 0. The molecule has 2 rings (SSSR count). The fraction of sp³-hybridized carbons (Fsp3) is 0.294. The molecule has 0 bridgehead atoms. The molecule has 2 aromatic rings. The van der Waals surface area contributed by atoms with Gasteiger partial charge in [0, 0.05) is 16.2 Å². The van der Waals surface area contributed by atoms with Crippen molar-refractivity contribution in [3.05, 3.63) is 65.2 Å². The van der Waals surface area contributed by atoms with E-state index in [2.05, 4.69) is 51.1 Å². The first-order chi connectivity index (χ1) is 9.08. The molecule has 2 N–H and O–H groups in total. The van der Waals surface area contributed by atoms with E-state index >= 15 is 0 Å². The Morgan fingerprint density at radius 3 is 2.32 bits per heavy atom. The quantitative estimate of drug-likeness (QED) is 0.829. The highest BCUT2D eigenvalue weighted by atomic mass is 32.2. The van der Waals surface area contributed by atoms with E-state index in [0.717, 1.165) is 0 Å². The van der Waals surface area contributed by atoms with Crippen LogP contribution in [-0.4, -0.2) is 5.25 Å². The Bertz CT molecular complexity index is 536.